The first-order chi connectivity index (χ1) is 16.0. The molecule has 1 aromatic heterocycles. The van der Waals surface area contributed by atoms with Crippen LogP contribution in [0.3, 0.4) is 0 Å². The number of β-amino-alcohol motifs (C(OH)–C–C–N with tert-alkyl or cyclic N) is 1. The molecular formula is C25H29N5O3. The Morgan fingerprint density at radius 2 is 1.91 bits per heavy atom. The molecule has 2 aromatic rings. The summed E-state index contributed by atoms with van der Waals surface area (Å²) in [6, 6.07) is 7.51. The van der Waals surface area contributed by atoms with Gasteiger partial charge in [0.15, 0.2) is 0 Å². The Hall–Kier alpha value is -3.02. The number of nitrogens with zero attached hydrogens (tertiary/aromatic N) is 5. The van der Waals surface area contributed by atoms with Crippen LogP contribution in [0.25, 0.3) is 0 Å². The summed E-state index contributed by atoms with van der Waals surface area (Å²) in [5, 5.41) is 20.0. The van der Waals surface area contributed by atoms with E-state index in [1.165, 1.54) is 6.33 Å². The van der Waals surface area contributed by atoms with Gasteiger partial charge >= 0.3 is 5.97 Å². The highest BCUT2D eigenvalue weighted by atomic mass is 16.5. The SMILES string of the molecule is Cc1c([C@@H](O)CN2CCC3(CC2)CCN(c2cc(C#N)ncn2)CC3)ccc2c1COC2=O. The number of anilines is 1. The van der Waals surface area contributed by atoms with Crippen LogP contribution in [0.1, 0.15) is 64.5 Å². The van der Waals surface area contributed by atoms with Crippen molar-refractivity contribution in [1.82, 2.24) is 14.9 Å². The van der Waals surface area contributed by atoms with E-state index in [0.29, 0.717) is 29.8 Å². The molecule has 172 valence electrons. The fraction of sp³-hybridized carbons (Fsp3) is 0.520. The number of aliphatic hydroxyl groups is 1. The standard InChI is InChI=1S/C25H29N5O3/c1-17-19(2-3-20-21(17)15-33-24(20)32)22(31)14-29-8-4-25(5-9-29)6-10-30(11-7-25)23-12-18(13-26)27-16-28-23/h2-3,12,16,22,31H,4-11,14-15H2,1H3/t22-/m0/s1. The number of hydrogen-bond donors (Lipinski definition) is 1. The summed E-state index contributed by atoms with van der Waals surface area (Å²) in [7, 11) is 0. The molecule has 0 radical (unpaired) electrons. The normalized spacial score (nSPS) is 20.9. The highest BCUT2D eigenvalue weighted by Crippen LogP contribution is 2.42. The van der Waals surface area contributed by atoms with Crippen LogP contribution in [0.15, 0.2) is 24.5 Å². The number of likely N-dealkylation sites (tertiary alicyclic amines) is 1. The van der Waals surface area contributed by atoms with E-state index >= 15 is 0 Å². The maximum absolute atomic E-state index is 11.8. The van der Waals surface area contributed by atoms with Gasteiger partial charge < -0.3 is 19.6 Å². The smallest absolute Gasteiger partial charge is 0.338 e. The number of carbonyl (C=O) groups is 1. The van der Waals surface area contributed by atoms with Gasteiger partial charge in [-0.3, -0.25) is 0 Å². The number of benzene rings is 1. The van der Waals surface area contributed by atoms with E-state index in [9.17, 15) is 9.90 Å². The second-order valence-electron chi connectivity index (χ2n) is 9.56. The first kappa shape index (κ1) is 21.8. The molecule has 4 heterocycles. The zero-order valence-electron chi connectivity index (χ0n) is 19.0. The molecule has 0 aliphatic carbocycles. The fourth-order valence-electron chi connectivity index (χ4n) is 5.57. The zero-order valence-corrected chi connectivity index (χ0v) is 19.0. The van der Waals surface area contributed by atoms with Crippen molar-refractivity contribution in [2.24, 2.45) is 5.41 Å². The van der Waals surface area contributed by atoms with E-state index in [2.05, 4.69) is 25.8 Å². The minimum Gasteiger partial charge on any atom is -0.457 e. The summed E-state index contributed by atoms with van der Waals surface area (Å²) in [6.45, 7) is 6.73. The van der Waals surface area contributed by atoms with Crippen molar-refractivity contribution in [3.8, 4) is 6.07 Å². The van der Waals surface area contributed by atoms with Gasteiger partial charge in [0, 0.05) is 31.3 Å². The fourth-order valence-corrected chi connectivity index (χ4v) is 5.57. The van der Waals surface area contributed by atoms with Gasteiger partial charge in [-0.05, 0) is 68.3 Å². The highest BCUT2D eigenvalue weighted by molar-refractivity contribution is 5.93. The molecule has 1 aromatic carbocycles. The molecule has 0 saturated carbocycles. The quantitative estimate of drug-likeness (QED) is 0.714. The number of nitriles is 1. The van der Waals surface area contributed by atoms with Crippen molar-refractivity contribution >= 4 is 11.8 Å². The van der Waals surface area contributed by atoms with Crippen LogP contribution in [0.5, 0.6) is 0 Å². The number of cyclic esters (lactones) is 1. The average Bonchev–Trinajstić information content (AvgIpc) is 3.23. The van der Waals surface area contributed by atoms with Crippen molar-refractivity contribution in [2.45, 2.75) is 45.3 Å². The van der Waals surface area contributed by atoms with Gasteiger partial charge in [-0.2, -0.15) is 5.26 Å². The van der Waals surface area contributed by atoms with Crippen LogP contribution in [0.4, 0.5) is 5.82 Å². The summed E-state index contributed by atoms with van der Waals surface area (Å²) in [5.41, 5.74) is 4.15. The van der Waals surface area contributed by atoms with Gasteiger partial charge in [-0.25, -0.2) is 14.8 Å². The molecule has 5 rings (SSSR count). The minimum atomic E-state index is -0.575. The summed E-state index contributed by atoms with van der Waals surface area (Å²) in [4.78, 5) is 24.7. The highest BCUT2D eigenvalue weighted by Gasteiger charge is 2.38. The predicted octanol–water partition coefficient (Wildman–Crippen LogP) is 2.74. The second kappa shape index (κ2) is 8.73. The molecular weight excluding hydrogens is 418 g/mol. The number of esters is 1. The third-order valence-electron chi connectivity index (χ3n) is 7.83. The molecule has 3 aliphatic rings. The molecule has 0 bridgehead atoms. The Kier molecular flexibility index (Phi) is 5.77. The maximum Gasteiger partial charge on any atom is 0.338 e. The molecule has 0 unspecified atom stereocenters. The number of hydrogen-bond acceptors (Lipinski definition) is 8. The number of carbonyl (C=O) groups excluding carboxylic acids is 1. The van der Waals surface area contributed by atoms with E-state index in [4.69, 9.17) is 10.00 Å². The molecule has 1 spiro atoms. The van der Waals surface area contributed by atoms with Crippen molar-refractivity contribution in [3.63, 3.8) is 0 Å². The number of piperidine rings is 2. The molecule has 1 N–H and O–H groups in total. The van der Waals surface area contributed by atoms with Crippen LogP contribution < -0.4 is 4.90 Å². The predicted molar refractivity (Wildman–Crippen MR) is 122 cm³/mol. The summed E-state index contributed by atoms with van der Waals surface area (Å²) < 4.78 is 5.14. The van der Waals surface area contributed by atoms with Crippen molar-refractivity contribution in [3.05, 3.63) is 52.5 Å². The van der Waals surface area contributed by atoms with Gasteiger partial charge in [0.25, 0.3) is 0 Å². The molecule has 8 heteroatoms. The number of aliphatic hydroxyl groups excluding tert-OH is 1. The van der Waals surface area contributed by atoms with Crippen LogP contribution in [0, 0.1) is 23.7 Å². The third kappa shape index (κ3) is 4.19. The van der Waals surface area contributed by atoms with Gasteiger partial charge in [0.05, 0.1) is 11.7 Å². The Labute approximate surface area is 193 Å². The van der Waals surface area contributed by atoms with Gasteiger partial charge in [0.1, 0.15) is 30.5 Å². The summed E-state index contributed by atoms with van der Waals surface area (Å²) in [5.74, 6) is 0.570. The lowest BCUT2D eigenvalue weighted by atomic mass is 9.71. The number of rotatable bonds is 4. The Morgan fingerprint density at radius 3 is 2.64 bits per heavy atom. The minimum absolute atomic E-state index is 0.272. The summed E-state index contributed by atoms with van der Waals surface area (Å²) in [6.07, 6.45) is 5.39. The molecule has 33 heavy (non-hydrogen) atoms. The first-order valence-corrected chi connectivity index (χ1v) is 11.6. The van der Waals surface area contributed by atoms with E-state index in [0.717, 1.165) is 74.4 Å². The zero-order chi connectivity index (χ0) is 23.0. The van der Waals surface area contributed by atoms with Crippen LogP contribution in [0.2, 0.25) is 0 Å². The monoisotopic (exact) mass is 447 g/mol. The third-order valence-corrected chi connectivity index (χ3v) is 7.83. The van der Waals surface area contributed by atoms with E-state index in [-0.39, 0.29) is 5.97 Å². The Balaban J connectivity index is 1.16. The lowest BCUT2D eigenvalue weighted by Gasteiger charge is -2.47. The second-order valence-corrected chi connectivity index (χ2v) is 9.56. The maximum atomic E-state index is 11.8. The van der Waals surface area contributed by atoms with Crippen molar-refractivity contribution in [2.75, 3.05) is 37.6 Å². The van der Waals surface area contributed by atoms with Gasteiger partial charge in [-0.15, -0.1) is 0 Å². The first-order valence-electron chi connectivity index (χ1n) is 11.6. The van der Waals surface area contributed by atoms with Gasteiger partial charge in [0.2, 0.25) is 0 Å². The molecule has 0 amide bonds. The number of fused-ring (bicyclic) bond motifs is 1. The van der Waals surface area contributed by atoms with Crippen LogP contribution in [-0.2, 0) is 11.3 Å². The van der Waals surface area contributed by atoms with E-state index in [1.54, 1.807) is 12.1 Å². The molecule has 2 saturated heterocycles. The van der Waals surface area contributed by atoms with E-state index < -0.39 is 6.10 Å². The topological polar surface area (TPSA) is 103 Å². The molecule has 3 aliphatic heterocycles. The largest absolute Gasteiger partial charge is 0.457 e. The van der Waals surface area contributed by atoms with Crippen LogP contribution in [-0.4, -0.2) is 58.7 Å². The molecule has 8 nitrogen and oxygen atoms in total. The van der Waals surface area contributed by atoms with E-state index in [1.807, 2.05) is 13.0 Å². The molecule has 1 atom stereocenters. The lowest BCUT2D eigenvalue weighted by molar-refractivity contribution is 0.0447. The van der Waals surface area contributed by atoms with Crippen molar-refractivity contribution < 1.29 is 14.6 Å². The average molecular weight is 448 g/mol. The lowest BCUT2D eigenvalue weighted by Crippen LogP contribution is -2.47. The Bertz CT molecular complexity index is 1090. The van der Waals surface area contributed by atoms with Gasteiger partial charge in [-0.1, -0.05) is 6.07 Å². The number of aromatic nitrogens is 2. The Morgan fingerprint density at radius 1 is 1.18 bits per heavy atom. The van der Waals surface area contributed by atoms with Crippen molar-refractivity contribution in [1.29, 1.82) is 5.26 Å². The summed E-state index contributed by atoms with van der Waals surface area (Å²) >= 11 is 0. The number of ether oxygens (including phenoxy) is 1. The molecule has 2 fully saturated rings. The van der Waals surface area contributed by atoms with Crippen LogP contribution >= 0.6 is 0 Å².